The summed E-state index contributed by atoms with van der Waals surface area (Å²) in [5, 5.41) is 4.64. The molecule has 1 aromatic carbocycles. The van der Waals surface area contributed by atoms with Crippen LogP contribution >= 0.6 is 11.3 Å². The number of thiazole rings is 1. The third kappa shape index (κ3) is 4.69. The van der Waals surface area contributed by atoms with Crippen molar-refractivity contribution in [3.63, 3.8) is 0 Å². The van der Waals surface area contributed by atoms with E-state index >= 15 is 0 Å². The van der Waals surface area contributed by atoms with Crippen LogP contribution in [0.4, 0.5) is 5.13 Å². The molecule has 1 N–H and O–H groups in total. The van der Waals surface area contributed by atoms with Crippen LogP contribution in [0.3, 0.4) is 0 Å². The number of hydrogen-bond donors (Lipinski definition) is 1. The van der Waals surface area contributed by atoms with Crippen molar-refractivity contribution in [2.75, 3.05) is 5.32 Å². The summed E-state index contributed by atoms with van der Waals surface area (Å²) < 4.78 is 7.25. The lowest BCUT2D eigenvalue weighted by Gasteiger charge is -2.28. The maximum atomic E-state index is 6.13. The van der Waals surface area contributed by atoms with Gasteiger partial charge in [0, 0.05) is 42.3 Å². The van der Waals surface area contributed by atoms with Crippen LogP contribution in [0, 0.1) is 5.92 Å². The number of nitrogens with one attached hydrogen (secondary N) is 1. The molecule has 31 heavy (non-hydrogen) atoms. The van der Waals surface area contributed by atoms with Crippen molar-refractivity contribution in [2.24, 2.45) is 5.92 Å². The van der Waals surface area contributed by atoms with Crippen molar-refractivity contribution in [3.8, 4) is 22.8 Å². The van der Waals surface area contributed by atoms with Crippen LogP contribution in [0.1, 0.15) is 39.0 Å². The molecule has 4 aromatic rings. The minimum atomic E-state index is 0.458. The first-order valence-electron chi connectivity index (χ1n) is 11.0. The third-order valence-corrected chi connectivity index (χ3v) is 6.94. The Bertz CT molecular complexity index is 1150. The van der Waals surface area contributed by atoms with Gasteiger partial charge < -0.3 is 10.1 Å². The van der Waals surface area contributed by atoms with Gasteiger partial charge in [-0.05, 0) is 56.0 Å². The van der Waals surface area contributed by atoms with Crippen molar-refractivity contribution in [3.05, 3.63) is 61.1 Å². The lowest BCUT2D eigenvalue weighted by atomic mass is 9.85. The van der Waals surface area contributed by atoms with Crippen LogP contribution in [0.2, 0.25) is 0 Å². The lowest BCUT2D eigenvalue weighted by molar-refractivity contribution is 0.328. The summed E-state index contributed by atoms with van der Waals surface area (Å²) in [6.45, 7) is 2.29. The van der Waals surface area contributed by atoms with Crippen molar-refractivity contribution < 1.29 is 4.74 Å². The van der Waals surface area contributed by atoms with E-state index in [-0.39, 0.29) is 0 Å². The van der Waals surface area contributed by atoms with Gasteiger partial charge in [-0.3, -0.25) is 9.97 Å². The molecule has 0 saturated heterocycles. The van der Waals surface area contributed by atoms with Gasteiger partial charge >= 0.3 is 0 Å². The molecule has 5 rings (SSSR count). The summed E-state index contributed by atoms with van der Waals surface area (Å²) in [6.07, 6.45) is 12.1. The molecule has 1 atom stereocenters. The van der Waals surface area contributed by atoms with Gasteiger partial charge in [-0.25, -0.2) is 4.98 Å². The minimum absolute atomic E-state index is 0.458. The molecule has 6 heteroatoms. The quantitative estimate of drug-likeness (QED) is 0.359. The highest BCUT2D eigenvalue weighted by Crippen LogP contribution is 2.34. The average molecular weight is 431 g/mol. The predicted octanol–water partition coefficient (Wildman–Crippen LogP) is 6.93. The summed E-state index contributed by atoms with van der Waals surface area (Å²) in [4.78, 5) is 13.4. The van der Waals surface area contributed by atoms with Gasteiger partial charge in [0.25, 0.3) is 0 Å². The molecular weight excluding hydrogens is 404 g/mol. The van der Waals surface area contributed by atoms with E-state index in [4.69, 9.17) is 9.72 Å². The van der Waals surface area contributed by atoms with Gasteiger partial charge in [-0.15, -0.1) is 0 Å². The number of nitrogens with zero attached hydrogens (tertiary/aromatic N) is 3. The molecule has 0 radical (unpaired) electrons. The molecule has 5 nitrogen and oxygen atoms in total. The largest absolute Gasteiger partial charge is 0.457 e. The van der Waals surface area contributed by atoms with Gasteiger partial charge in [0.15, 0.2) is 5.13 Å². The zero-order chi connectivity index (χ0) is 21.0. The van der Waals surface area contributed by atoms with Crippen LogP contribution in [0.5, 0.6) is 11.5 Å². The molecule has 3 heterocycles. The molecule has 0 bridgehead atoms. The number of rotatable bonds is 6. The number of pyridine rings is 2. The van der Waals surface area contributed by atoms with Gasteiger partial charge in [-0.2, -0.15) is 0 Å². The summed E-state index contributed by atoms with van der Waals surface area (Å²) in [7, 11) is 0. The first-order chi connectivity index (χ1) is 15.2. The van der Waals surface area contributed by atoms with Crippen molar-refractivity contribution >= 4 is 26.7 Å². The number of fused-ring (bicyclic) bond motifs is 1. The Morgan fingerprint density at radius 1 is 1.03 bits per heavy atom. The zero-order valence-electron chi connectivity index (χ0n) is 17.6. The topological polar surface area (TPSA) is 59.9 Å². The second-order valence-electron chi connectivity index (χ2n) is 8.20. The van der Waals surface area contributed by atoms with Gasteiger partial charge in [0.1, 0.15) is 11.5 Å². The number of aromatic nitrogens is 3. The van der Waals surface area contributed by atoms with E-state index in [9.17, 15) is 0 Å². The molecule has 0 amide bonds. The normalized spacial score (nSPS) is 15.6. The monoisotopic (exact) mass is 430 g/mol. The standard InChI is InChI=1S/C25H26N4OS/c1-17(18-6-3-2-4-7-18)28-25-29-22-10-9-20(15-24(22)31-25)30-21-11-13-27-23(14-21)19-8-5-12-26-16-19/h5,8-18H,2-4,6-7H2,1H3,(H,28,29). The number of benzene rings is 1. The highest BCUT2D eigenvalue weighted by Gasteiger charge is 2.20. The Kier molecular flexibility index (Phi) is 5.80. The van der Waals surface area contributed by atoms with Crippen LogP contribution in [0.15, 0.2) is 61.1 Å². The Hall–Kier alpha value is -2.99. The highest BCUT2D eigenvalue weighted by atomic mass is 32.1. The minimum Gasteiger partial charge on any atom is -0.457 e. The summed E-state index contributed by atoms with van der Waals surface area (Å²) in [5.41, 5.74) is 2.81. The molecular formula is C25H26N4OS. The van der Waals surface area contributed by atoms with Gasteiger partial charge in [0.2, 0.25) is 0 Å². The molecule has 158 valence electrons. The van der Waals surface area contributed by atoms with Crippen molar-refractivity contribution in [2.45, 2.75) is 45.1 Å². The van der Waals surface area contributed by atoms with E-state index in [1.165, 1.54) is 32.1 Å². The zero-order valence-corrected chi connectivity index (χ0v) is 18.4. The third-order valence-electron chi connectivity index (χ3n) is 5.99. The summed E-state index contributed by atoms with van der Waals surface area (Å²) >= 11 is 1.69. The van der Waals surface area contributed by atoms with Gasteiger partial charge in [0.05, 0.1) is 15.9 Å². The van der Waals surface area contributed by atoms with E-state index in [2.05, 4.69) is 28.3 Å². The van der Waals surface area contributed by atoms with Crippen LogP contribution < -0.4 is 10.1 Å². The molecule has 1 fully saturated rings. The van der Waals surface area contributed by atoms with E-state index in [0.717, 1.165) is 44.0 Å². The van der Waals surface area contributed by atoms with Crippen molar-refractivity contribution in [1.82, 2.24) is 15.0 Å². The second-order valence-corrected chi connectivity index (χ2v) is 9.23. The molecule has 1 aliphatic carbocycles. The SMILES string of the molecule is CC(Nc1nc2ccc(Oc3ccnc(-c4cccnc4)c3)cc2s1)C1CCCCC1. The molecule has 1 aliphatic rings. The number of anilines is 1. The van der Waals surface area contributed by atoms with Crippen LogP contribution in [-0.2, 0) is 0 Å². The first-order valence-corrected chi connectivity index (χ1v) is 11.8. The second kappa shape index (κ2) is 9.02. The predicted molar refractivity (Wildman–Crippen MR) is 127 cm³/mol. The Morgan fingerprint density at radius 3 is 2.74 bits per heavy atom. The molecule has 1 saturated carbocycles. The average Bonchev–Trinajstić information content (AvgIpc) is 3.22. The van der Waals surface area contributed by atoms with E-state index in [0.29, 0.717) is 6.04 Å². The molecule has 0 aliphatic heterocycles. The van der Waals surface area contributed by atoms with Crippen molar-refractivity contribution in [1.29, 1.82) is 0 Å². The molecule has 3 aromatic heterocycles. The van der Waals surface area contributed by atoms with Gasteiger partial charge in [-0.1, -0.05) is 30.6 Å². The van der Waals surface area contributed by atoms with E-state index in [1.807, 2.05) is 36.4 Å². The summed E-state index contributed by atoms with van der Waals surface area (Å²) in [5.74, 6) is 2.30. The maximum absolute atomic E-state index is 6.13. The lowest BCUT2D eigenvalue weighted by Crippen LogP contribution is -2.27. The Labute approximate surface area is 186 Å². The van der Waals surface area contributed by atoms with Crippen LogP contribution in [-0.4, -0.2) is 21.0 Å². The van der Waals surface area contributed by atoms with E-state index in [1.54, 1.807) is 29.9 Å². The van der Waals surface area contributed by atoms with Crippen LogP contribution in [0.25, 0.3) is 21.5 Å². The highest BCUT2D eigenvalue weighted by molar-refractivity contribution is 7.22. The maximum Gasteiger partial charge on any atom is 0.184 e. The van der Waals surface area contributed by atoms with E-state index < -0.39 is 0 Å². The molecule has 1 unspecified atom stereocenters. The number of hydrogen-bond acceptors (Lipinski definition) is 6. The first kappa shape index (κ1) is 19.9. The fourth-order valence-corrected chi connectivity index (χ4v) is 5.25. The molecule has 0 spiro atoms. The number of ether oxygens (including phenoxy) is 1. The summed E-state index contributed by atoms with van der Waals surface area (Å²) in [6, 6.07) is 14.2. The fraction of sp³-hybridized carbons (Fsp3) is 0.320. The Morgan fingerprint density at radius 2 is 1.90 bits per heavy atom. The Balaban J connectivity index is 1.31. The smallest absolute Gasteiger partial charge is 0.184 e. The fourth-order valence-electron chi connectivity index (χ4n) is 4.26.